The summed E-state index contributed by atoms with van der Waals surface area (Å²) in [4.78, 5) is 39.9. The van der Waals surface area contributed by atoms with Gasteiger partial charge in [-0.25, -0.2) is 8.42 Å². The highest BCUT2D eigenvalue weighted by Gasteiger charge is 2.35. The number of hydrogen-bond donors (Lipinski definition) is 2. The number of hydrogen-bond acceptors (Lipinski definition) is 5. The van der Waals surface area contributed by atoms with E-state index in [0.29, 0.717) is 36.6 Å². The Labute approximate surface area is 248 Å². The van der Waals surface area contributed by atoms with Crippen molar-refractivity contribution in [3.8, 4) is 0 Å². The summed E-state index contributed by atoms with van der Waals surface area (Å²) in [5.41, 5.74) is 2.14. The van der Waals surface area contributed by atoms with Crippen molar-refractivity contribution in [2.45, 2.75) is 50.8 Å². The van der Waals surface area contributed by atoms with Gasteiger partial charge < -0.3 is 15.5 Å². The molecule has 1 aliphatic heterocycles. The van der Waals surface area contributed by atoms with Gasteiger partial charge in [-0.05, 0) is 73.5 Å². The maximum Gasteiger partial charge on any atom is 0.255 e. The van der Waals surface area contributed by atoms with Crippen LogP contribution >= 0.6 is 0 Å². The van der Waals surface area contributed by atoms with Gasteiger partial charge in [-0.3, -0.25) is 14.4 Å². The summed E-state index contributed by atoms with van der Waals surface area (Å²) < 4.78 is 27.9. The molecule has 222 valence electrons. The molecule has 10 heteroatoms. The van der Waals surface area contributed by atoms with Crippen molar-refractivity contribution in [2.24, 2.45) is 5.92 Å². The van der Waals surface area contributed by atoms with Gasteiger partial charge in [0.2, 0.25) is 21.8 Å². The molecule has 0 radical (unpaired) electrons. The number of nitrogens with zero attached hydrogens (tertiary/aromatic N) is 2. The number of carbonyl (C=O) groups is 3. The van der Waals surface area contributed by atoms with Crippen molar-refractivity contribution >= 4 is 44.8 Å². The molecule has 1 aliphatic rings. The molecule has 0 bridgehead atoms. The lowest BCUT2D eigenvalue weighted by atomic mass is 10.1. The fourth-order valence-electron chi connectivity index (χ4n) is 4.77. The van der Waals surface area contributed by atoms with E-state index >= 15 is 0 Å². The van der Waals surface area contributed by atoms with Crippen LogP contribution in [-0.4, -0.2) is 50.1 Å². The average Bonchev–Trinajstić information content (AvgIpc) is 3.40. The number of amides is 3. The molecule has 9 nitrogen and oxygen atoms in total. The van der Waals surface area contributed by atoms with Gasteiger partial charge in [0.25, 0.3) is 5.91 Å². The largest absolute Gasteiger partial charge is 0.326 e. The van der Waals surface area contributed by atoms with Crippen LogP contribution in [0, 0.1) is 5.92 Å². The number of para-hydroxylation sites is 1. The first-order chi connectivity index (χ1) is 20.2. The molecule has 0 aromatic heterocycles. The molecule has 2 N–H and O–H groups in total. The Hall–Kier alpha value is -4.02. The van der Waals surface area contributed by atoms with Crippen molar-refractivity contribution in [3.63, 3.8) is 0 Å². The molecule has 3 aromatic carbocycles. The van der Waals surface area contributed by atoms with Gasteiger partial charge in [0.1, 0.15) is 0 Å². The third-order valence-electron chi connectivity index (χ3n) is 7.25. The molecule has 4 rings (SSSR count). The highest BCUT2D eigenvalue weighted by Crippen LogP contribution is 2.26. The molecule has 1 fully saturated rings. The summed E-state index contributed by atoms with van der Waals surface area (Å²) in [7, 11) is -3.62. The maximum absolute atomic E-state index is 13.2. The molecule has 1 heterocycles. The summed E-state index contributed by atoms with van der Waals surface area (Å²) >= 11 is 0. The van der Waals surface area contributed by atoms with E-state index in [9.17, 15) is 22.8 Å². The monoisotopic (exact) mass is 590 g/mol. The minimum Gasteiger partial charge on any atom is -0.326 e. The van der Waals surface area contributed by atoms with E-state index in [1.165, 1.54) is 16.4 Å². The highest BCUT2D eigenvalue weighted by atomic mass is 32.2. The van der Waals surface area contributed by atoms with Crippen LogP contribution in [0.25, 0.3) is 0 Å². The Balaban J connectivity index is 1.33. The zero-order chi connectivity index (χ0) is 30.1. The molecule has 1 atom stereocenters. The average molecular weight is 591 g/mol. The first kappa shape index (κ1) is 30.9. The molecular weight excluding hydrogens is 552 g/mol. The van der Waals surface area contributed by atoms with Gasteiger partial charge in [0, 0.05) is 48.7 Å². The lowest BCUT2D eigenvalue weighted by Crippen LogP contribution is -2.33. The van der Waals surface area contributed by atoms with Gasteiger partial charge in [-0.1, -0.05) is 44.9 Å². The molecule has 42 heavy (non-hydrogen) atoms. The first-order valence-corrected chi connectivity index (χ1v) is 15.8. The zero-order valence-corrected chi connectivity index (χ0v) is 24.9. The number of rotatable bonds is 13. The normalized spacial score (nSPS) is 15.2. The number of unbranched alkanes of at least 4 members (excludes halogenated alkanes) is 2. The van der Waals surface area contributed by atoms with Crippen molar-refractivity contribution < 1.29 is 22.8 Å². The lowest BCUT2D eigenvalue weighted by Gasteiger charge is -2.22. The Bertz CT molecular complexity index is 1470. The van der Waals surface area contributed by atoms with Gasteiger partial charge >= 0.3 is 0 Å². The third kappa shape index (κ3) is 7.63. The number of carbonyl (C=O) groups excluding carboxylic acids is 3. The van der Waals surface area contributed by atoms with Crippen LogP contribution in [0.1, 0.15) is 56.3 Å². The van der Waals surface area contributed by atoms with Crippen LogP contribution in [0.2, 0.25) is 0 Å². The molecule has 1 saturated heterocycles. The van der Waals surface area contributed by atoms with Crippen LogP contribution < -0.4 is 15.5 Å². The smallest absolute Gasteiger partial charge is 0.255 e. The van der Waals surface area contributed by atoms with Gasteiger partial charge in [0.15, 0.2) is 0 Å². The molecule has 1 unspecified atom stereocenters. The summed E-state index contributed by atoms with van der Waals surface area (Å²) in [6, 6.07) is 21.9. The molecule has 0 aliphatic carbocycles. The second kappa shape index (κ2) is 14.2. The molecule has 0 saturated carbocycles. The SMILES string of the molecule is CCCCN(CCCC)S(=O)(=O)c1ccc(NC(=O)c2ccc(NC(=O)C3CC(=O)N(c4ccccc4)C3)cc2)cc1. The van der Waals surface area contributed by atoms with Gasteiger partial charge in [0.05, 0.1) is 10.8 Å². The summed E-state index contributed by atoms with van der Waals surface area (Å²) in [5.74, 6) is -1.19. The molecule has 0 spiro atoms. The third-order valence-corrected chi connectivity index (χ3v) is 9.16. The van der Waals surface area contributed by atoms with Crippen LogP contribution in [0.15, 0.2) is 83.8 Å². The second-order valence-electron chi connectivity index (χ2n) is 10.4. The first-order valence-electron chi connectivity index (χ1n) is 14.4. The van der Waals surface area contributed by atoms with E-state index in [2.05, 4.69) is 10.6 Å². The summed E-state index contributed by atoms with van der Waals surface area (Å²) in [6.45, 7) is 5.35. The standard InChI is InChI=1S/C32H38N4O5S/c1-3-5-20-35(21-6-4-2)42(40,41)29-18-16-27(17-19-29)33-31(38)24-12-14-26(15-13-24)34-32(39)25-22-30(37)36(23-25)28-10-8-7-9-11-28/h7-19,25H,3-6,20-23H2,1-2H3,(H,33,38)(H,34,39). The fourth-order valence-corrected chi connectivity index (χ4v) is 6.29. The highest BCUT2D eigenvalue weighted by molar-refractivity contribution is 7.89. The van der Waals surface area contributed by atoms with Crippen molar-refractivity contribution in [3.05, 3.63) is 84.4 Å². The molecular formula is C32H38N4O5S. The van der Waals surface area contributed by atoms with E-state index in [4.69, 9.17) is 0 Å². The van der Waals surface area contributed by atoms with Crippen LogP contribution in [0.4, 0.5) is 17.1 Å². The van der Waals surface area contributed by atoms with Crippen molar-refractivity contribution in [1.29, 1.82) is 0 Å². The van der Waals surface area contributed by atoms with Gasteiger partial charge in [-0.2, -0.15) is 4.31 Å². The Morgan fingerprint density at radius 3 is 2.00 bits per heavy atom. The van der Waals surface area contributed by atoms with E-state index in [1.807, 2.05) is 44.2 Å². The number of nitrogens with one attached hydrogen (secondary N) is 2. The topological polar surface area (TPSA) is 116 Å². The maximum atomic E-state index is 13.2. The summed E-state index contributed by atoms with van der Waals surface area (Å²) in [6.07, 6.45) is 3.55. The lowest BCUT2D eigenvalue weighted by molar-refractivity contribution is -0.122. The number of benzene rings is 3. The van der Waals surface area contributed by atoms with Crippen molar-refractivity contribution in [1.82, 2.24) is 4.31 Å². The second-order valence-corrected chi connectivity index (χ2v) is 12.3. The Morgan fingerprint density at radius 2 is 1.40 bits per heavy atom. The quantitative estimate of drug-likeness (QED) is 0.272. The van der Waals surface area contributed by atoms with Crippen LogP contribution in [0.5, 0.6) is 0 Å². The Kier molecular flexibility index (Phi) is 10.5. The molecule has 3 amide bonds. The fraction of sp³-hybridized carbons (Fsp3) is 0.344. The van der Waals surface area contributed by atoms with Crippen molar-refractivity contribution in [2.75, 3.05) is 35.2 Å². The van der Waals surface area contributed by atoms with Crippen LogP contribution in [0.3, 0.4) is 0 Å². The Morgan fingerprint density at radius 1 is 0.833 bits per heavy atom. The molecule has 3 aromatic rings. The van der Waals surface area contributed by atoms with E-state index in [1.54, 1.807) is 41.3 Å². The van der Waals surface area contributed by atoms with E-state index in [-0.39, 0.29) is 29.0 Å². The van der Waals surface area contributed by atoms with E-state index < -0.39 is 15.9 Å². The minimum atomic E-state index is -3.62. The predicted octanol–water partition coefficient (Wildman–Crippen LogP) is 5.52. The number of sulfonamides is 1. The number of anilines is 3. The predicted molar refractivity (Wildman–Crippen MR) is 165 cm³/mol. The van der Waals surface area contributed by atoms with E-state index in [0.717, 1.165) is 31.4 Å². The minimum absolute atomic E-state index is 0.0932. The van der Waals surface area contributed by atoms with Gasteiger partial charge in [-0.15, -0.1) is 0 Å². The zero-order valence-electron chi connectivity index (χ0n) is 24.1. The van der Waals surface area contributed by atoms with Crippen LogP contribution in [-0.2, 0) is 19.6 Å². The summed E-state index contributed by atoms with van der Waals surface area (Å²) in [5, 5.41) is 5.62.